The van der Waals surface area contributed by atoms with Crippen LogP contribution in [0, 0.1) is 0 Å². The summed E-state index contributed by atoms with van der Waals surface area (Å²) in [6.45, 7) is 4.51. The average molecular weight is 514 g/mol. The highest BCUT2D eigenvalue weighted by atomic mass is 15.0. The normalized spacial score (nSPS) is 12.0. The second kappa shape index (κ2) is 8.75. The van der Waals surface area contributed by atoms with E-state index in [4.69, 9.17) is 4.98 Å². The first-order valence-corrected chi connectivity index (χ1v) is 13.9. The number of nitrogens with zero attached hydrogens (tertiary/aromatic N) is 3. The van der Waals surface area contributed by atoms with Gasteiger partial charge in [-0.05, 0) is 77.2 Å². The summed E-state index contributed by atoms with van der Waals surface area (Å²) in [5.74, 6) is 0. The fraction of sp³-hybridized carbons (Fsp3) is 0.0811. The SMILES string of the molecule is CC(C)n1c2ccccc2c2cc(-c3cccc(-c4ccc5c(c4)c4ccccc4c4nccnc54)c3)ccc21. The van der Waals surface area contributed by atoms with E-state index in [9.17, 15) is 0 Å². The van der Waals surface area contributed by atoms with E-state index in [0.29, 0.717) is 6.04 Å². The molecule has 0 N–H and O–H groups in total. The first kappa shape index (κ1) is 22.9. The second-order valence-corrected chi connectivity index (χ2v) is 10.9. The Kier molecular flexibility index (Phi) is 5.02. The van der Waals surface area contributed by atoms with Crippen molar-refractivity contribution in [3.05, 3.63) is 122 Å². The largest absolute Gasteiger partial charge is 0.338 e. The summed E-state index contributed by atoms with van der Waals surface area (Å²) in [6.07, 6.45) is 3.56. The number of para-hydroxylation sites is 1. The molecule has 0 unspecified atom stereocenters. The average Bonchev–Trinajstić information content (AvgIpc) is 3.35. The van der Waals surface area contributed by atoms with Gasteiger partial charge in [0, 0.05) is 51.0 Å². The molecule has 6 aromatic carbocycles. The van der Waals surface area contributed by atoms with Crippen LogP contribution in [0.2, 0.25) is 0 Å². The monoisotopic (exact) mass is 513 g/mol. The summed E-state index contributed by atoms with van der Waals surface area (Å²) in [4.78, 5) is 9.38. The van der Waals surface area contributed by atoms with Gasteiger partial charge in [-0.25, -0.2) is 0 Å². The highest BCUT2D eigenvalue weighted by Crippen LogP contribution is 2.38. The molecule has 0 aliphatic rings. The van der Waals surface area contributed by atoms with Crippen molar-refractivity contribution in [3.63, 3.8) is 0 Å². The van der Waals surface area contributed by atoms with Crippen LogP contribution in [0.5, 0.6) is 0 Å². The summed E-state index contributed by atoms with van der Waals surface area (Å²) in [7, 11) is 0. The molecule has 8 aromatic rings. The predicted octanol–water partition coefficient (Wildman–Crippen LogP) is 9.96. The molecular formula is C37H27N3. The Balaban J connectivity index is 1.30. The Labute approximate surface area is 232 Å². The standard InChI is InChI=1S/C37H27N3/c1-23(2)40-34-13-6-5-11-29(34)33-22-27(15-17-35(33)40)25-9-7-8-24(20-25)26-14-16-31-32(21-26)28-10-3-4-12-30(28)36-37(31)39-19-18-38-36/h3-23H,1-2H3. The molecule has 0 aliphatic heterocycles. The lowest BCUT2D eigenvalue weighted by Gasteiger charge is -2.12. The van der Waals surface area contributed by atoms with Gasteiger partial charge in [0.05, 0.1) is 11.0 Å². The molecule has 0 saturated heterocycles. The molecule has 8 rings (SSSR count). The van der Waals surface area contributed by atoms with Crippen molar-refractivity contribution in [1.82, 2.24) is 14.5 Å². The molecule has 2 heterocycles. The van der Waals surface area contributed by atoms with Gasteiger partial charge in [0.1, 0.15) is 0 Å². The van der Waals surface area contributed by atoms with Crippen LogP contribution in [-0.4, -0.2) is 14.5 Å². The van der Waals surface area contributed by atoms with Crippen molar-refractivity contribution in [2.24, 2.45) is 0 Å². The number of fused-ring (bicyclic) bond motifs is 9. The van der Waals surface area contributed by atoms with Crippen LogP contribution < -0.4 is 0 Å². The minimum Gasteiger partial charge on any atom is -0.338 e. The minimum atomic E-state index is 0.392. The minimum absolute atomic E-state index is 0.392. The molecule has 2 aromatic heterocycles. The zero-order valence-corrected chi connectivity index (χ0v) is 22.5. The van der Waals surface area contributed by atoms with E-state index < -0.39 is 0 Å². The van der Waals surface area contributed by atoms with E-state index in [0.717, 1.165) is 21.8 Å². The maximum absolute atomic E-state index is 4.71. The van der Waals surface area contributed by atoms with Gasteiger partial charge < -0.3 is 4.57 Å². The van der Waals surface area contributed by atoms with Crippen LogP contribution in [-0.2, 0) is 0 Å². The number of hydrogen-bond acceptors (Lipinski definition) is 2. The van der Waals surface area contributed by atoms with Gasteiger partial charge in [0.15, 0.2) is 0 Å². The fourth-order valence-corrected chi connectivity index (χ4v) is 6.43. The molecule has 0 radical (unpaired) electrons. The first-order valence-electron chi connectivity index (χ1n) is 13.9. The van der Waals surface area contributed by atoms with Crippen molar-refractivity contribution in [2.75, 3.05) is 0 Å². The van der Waals surface area contributed by atoms with E-state index in [1.54, 1.807) is 12.4 Å². The van der Waals surface area contributed by atoms with Crippen LogP contribution in [0.4, 0.5) is 0 Å². The van der Waals surface area contributed by atoms with Crippen molar-refractivity contribution in [2.45, 2.75) is 19.9 Å². The van der Waals surface area contributed by atoms with Gasteiger partial charge in [-0.3, -0.25) is 9.97 Å². The number of rotatable bonds is 3. The third kappa shape index (κ3) is 3.37. The van der Waals surface area contributed by atoms with E-state index in [2.05, 4.69) is 133 Å². The molecule has 190 valence electrons. The Morgan fingerprint density at radius 3 is 1.73 bits per heavy atom. The Morgan fingerprint density at radius 1 is 0.450 bits per heavy atom. The summed E-state index contributed by atoms with van der Waals surface area (Å²) >= 11 is 0. The van der Waals surface area contributed by atoms with E-state index in [-0.39, 0.29) is 0 Å². The quantitative estimate of drug-likeness (QED) is 0.220. The lowest BCUT2D eigenvalue weighted by Crippen LogP contribution is -1.99. The molecule has 40 heavy (non-hydrogen) atoms. The summed E-state index contributed by atoms with van der Waals surface area (Å²) in [5, 5.41) is 7.29. The van der Waals surface area contributed by atoms with Crippen molar-refractivity contribution >= 4 is 54.4 Å². The molecule has 0 saturated carbocycles. The van der Waals surface area contributed by atoms with Gasteiger partial charge in [-0.1, -0.05) is 78.9 Å². The smallest absolute Gasteiger partial charge is 0.0971 e. The summed E-state index contributed by atoms with van der Waals surface area (Å²) in [6, 6.07) is 40.2. The lowest BCUT2D eigenvalue weighted by molar-refractivity contribution is 0.642. The van der Waals surface area contributed by atoms with Crippen LogP contribution in [0.25, 0.3) is 76.6 Å². The maximum atomic E-state index is 4.71. The van der Waals surface area contributed by atoms with Gasteiger partial charge >= 0.3 is 0 Å². The molecule has 0 amide bonds. The molecule has 3 nitrogen and oxygen atoms in total. The van der Waals surface area contributed by atoms with Crippen molar-refractivity contribution in [1.29, 1.82) is 0 Å². The third-order valence-electron chi connectivity index (χ3n) is 8.20. The van der Waals surface area contributed by atoms with Crippen LogP contribution in [0.1, 0.15) is 19.9 Å². The Hall–Kier alpha value is -5.02. The van der Waals surface area contributed by atoms with E-state index in [1.807, 2.05) is 0 Å². The highest BCUT2D eigenvalue weighted by molar-refractivity contribution is 6.23. The molecule has 0 atom stereocenters. The Morgan fingerprint density at radius 2 is 1.00 bits per heavy atom. The van der Waals surface area contributed by atoms with Crippen molar-refractivity contribution < 1.29 is 0 Å². The Bertz CT molecular complexity index is 2220. The summed E-state index contributed by atoms with van der Waals surface area (Å²) < 4.78 is 2.44. The van der Waals surface area contributed by atoms with Gasteiger partial charge in [-0.15, -0.1) is 0 Å². The van der Waals surface area contributed by atoms with Gasteiger partial charge in [0.2, 0.25) is 0 Å². The zero-order chi connectivity index (χ0) is 26.8. The van der Waals surface area contributed by atoms with Crippen LogP contribution in [0.3, 0.4) is 0 Å². The van der Waals surface area contributed by atoms with Gasteiger partial charge in [-0.2, -0.15) is 0 Å². The fourth-order valence-electron chi connectivity index (χ4n) is 6.43. The lowest BCUT2D eigenvalue weighted by atomic mass is 9.94. The van der Waals surface area contributed by atoms with Crippen molar-refractivity contribution in [3.8, 4) is 22.3 Å². The number of hydrogen-bond donors (Lipinski definition) is 0. The molecule has 0 bridgehead atoms. The first-order chi connectivity index (χ1) is 19.7. The second-order valence-electron chi connectivity index (χ2n) is 10.9. The van der Waals surface area contributed by atoms with Gasteiger partial charge in [0.25, 0.3) is 0 Å². The van der Waals surface area contributed by atoms with Crippen LogP contribution in [0.15, 0.2) is 122 Å². The van der Waals surface area contributed by atoms with Crippen LogP contribution >= 0.6 is 0 Å². The third-order valence-corrected chi connectivity index (χ3v) is 8.20. The van der Waals surface area contributed by atoms with E-state index >= 15 is 0 Å². The van der Waals surface area contributed by atoms with E-state index in [1.165, 1.54) is 54.8 Å². The molecule has 0 aliphatic carbocycles. The number of benzene rings is 6. The molecule has 0 spiro atoms. The maximum Gasteiger partial charge on any atom is 0.0971 e. The summed E-state index contributed by atoms with van der Waals surface area (Å²) in [5.41, 5.74) is 9.32. The topological polar surface area (TPSA) is 30.7 Å². The molecule has 0 fully saturated rings. The number of aromatic nitrogens is 3. The predicted molar refractivity (Wildman–Crippen MR) is 169 cm³/mol. The molecular weight excluding hydrogens is 486 g/mol. The molecule has 3 heteroatoms. The zero-order valence-electron chi connectivity index (χ0n) is 22.5. The highest BCUT2D eigenvalue weighted by Gasteiger charge is 2.14.